The van der Waals surface area contributed by atoms with E-state index in [1.54, 1.807) is 0 Å². The molecular weight excluding hydrogens is 408 g/mol. The van der Waals surface area contributed by atoms with Crippen molar-refractivity contribution in [3.8, 4) is 0 Å². The molecule has 5 nitrogen and oxygen atoms in total. The zero-order valence-electron chi connectivity index (χ0n) is 9.65. The van der Waals surface area contributed by atoms with Gasteiger partial charge in [-0.05, 0) is 41.6 Å². The van der Waals surface area contributed by atoms with Crippen molar-refractivity contribution >= 4 is 57.7 Å². The lowest BCUT2D eigenvalue weighted by Gasteiger charge is -2.17. The third kappa shape index (κ3) is 4.20. The lowest BCUT2D eigenvalue weighted by molar-refractivity contribution is -0.141. The van der Waals surface area contributed by atoms with Gasteiger partial charge in [0.2, 0.25) is 0 Å². The molecule has 0 aliphatic rings. The molecule has 0 bridgehead atoms. The van der Waals surface area contributed by atoms with E-state index in [1.807, 2.05) is 22.6 Å². The Bertz CT molecular complexity index is 522. The highest BCUT2D eigenvalue weighted by Crippen LogP contribution is 2.26. The Labute approximate surface area is 133 Å². The van der Waals surface area contributed by atoms with Crippen molar-refractivity contribution in [2.75, 3.05) is 0 Å². The van der Waals surface area contributed by atoms with Crippen molar-refractivity contribution in [3.05, 3.63) is 31.3 Å². The monoisotopic (exact) mass is 417 g/mol. The van der Waals surface area contributed by atoms with E-state index in [4.69, 9.17) is 28.3 Å². The van der Waals surface area contributed by atoms with Crippen LogP contribution in [0.4, 0.5) is 0 Å². The zero-order valence-corrected chi connectivity index (χ0v) is 13.3. The average molecular weight is 418 g/mol. The highest BCUT2D eigenvalue weighted by molar-refractivity contribution is 14.1. The van der Waals surface area contributed by atoms with Crippen LogP contribution in [0.1, 0.15) is 17.3 Å². The Morgan fingerprint density at radius 1 is 1.37 bits per heavy atom. The van der Waals surface area contributed by atoms with E-state index < -0.39 is 24.0 Å². The molecule has 1 amide bonds. The summed E-state index contributed by atoms with van der Waals surface area (Å²) < 4.78 is 0.455. The number of aliphatic carboxylic acids is 1. The Kier molecular flexibility index (Phi) is 5.84. The number of carboxylic acid groups (broad SMARTS) is 1. The predicted molar refractivity (Wildman–Crippen MR) is 79.7 cm³/mol. The largest absolute Gasteiger partial charge is 0.480 e. The van der Waals surface area contributed by atoms with Gasteiger partial charge < -0.3 is 15.5 Å². The molecule has 0 spiro atoms. The van der Waals surface area contributed by atoms with Gasteiger partial charge in [0.05, 0.1) is 16.7 Å². The number of halogens is 3. The van der Waals surface area contributed by atoms with Crippen LogP contribution in [0.5, 0.6) is 0 Å². The molecule has 2 atom stereocenters. The first-order chi connectivity index (χ1) is 8.73. The molecule has 0 aromatic heterocycles. The molecule has 0 radical (unpaired) electrons. The van der Waals surface area contributed by atoms with E-state index in [2.05, 4.69) is 5.32 Å². The molecule has 0 saturated heterocycles. The first-order valence-electron chi connectivity index (χ1n) is 5.10. The van der Waals surface area contributed by atoms with Crippen molar-refractivity contribution < 1.29 is 19.8 Å². The number of aliphatic hydroxyl groups excluding tert-OH is 1. The number of carboxylic acids is 1. The Hall–Kier alpha value is -0.570. The number of aliphatic hydroxyl groups is 1. The van der Waals surface area contributed by atoms with Crippen molar-refractivity contribution in [1.82, 2.24) is 5.32 Å². The maximum atomic E-state index is 12.0. The van der Waals surface area contributed by atoms with Crippen LogP contribution >= 0.6 is 45.8 Å². The SMILES string of the molecule is CC(O)C(NC(=O)c1cc(Cl)cc(Cl)c1I)C(=O)O. The van der Waals surface area contributed by atoms with Crippen LogP contribution in [0.2, 0.25) is 10.0 Å². The topological polar surface area (TPSA) is 86.6 Å². The minimum Gasteiger partial charge on any atom is -0.480 e. The number of amides is 1. The fourth-order valence-corrected chi connectivity index (χ4v) is 2.38. The highest BCUT2D eigenvalue weighted by Gasteiger charge is 2.26. The van der Waals surface area contributed by atoms with Gasteiger partial charge in [-0.1, -0.05) is 23.2 Å². The Morgan fingerprint density at radius 2 is 1.95 bits per heavy atom. The molecule has 0 aliphatic heterocycles. The van der Waals surface area contributed by atoms with Gasteiger partial charge in [0.25, 0.3) is 5.91 Å². The van der Waals surface area contributed by atoms with Gasteiger partial charge in [-0.25, -0.2) is 4.79 Å². The summed E-state index contributed by atoms with van der Waals surface area (Å²) >= 11 is 13.5. The lowest BCUT2D eigenvalue weighted by atomic mass is 10.1. The van der Waals surface area contributed by atoms with E-state index in [1.165, 1.54) is 19.1 Å². The van der Waals surface area contributed by atoms with Crippen molar-refractivity contribution in [1.29, 1.82) is 0 Å². The summed E-state index contributed by atoms with van der Waals surface area (Å²) in [4.78, 5) is 22.9. The van der Waals surface area contributed by atoms with Gasteiger partial charge in [-0.2, -0.15) is 0 Å². The summed E-state index contributed by atoms with van der Waals surface area (Å²) in [5.74, 6) is -1.99. The minimum atomic E-state index is -1.40. The maximum Gasteiger partial charge on any atom is 0.328 e. The number of carbonyl (C=O) groups is 2. The van der Waals surface area contributed by atoms with Crippen molar-refractivity contribution in [2.24, 2.45) is 0 Å². The molecule has 19 heavy (non-hydrogen) atoms. The molecule has 1 aromatic carbocycles. The second-order valence-corrected chi connectivity index (χ2v) is 5.70. The number of hydrogen-bond acceptors (Lipinski definition) is 3. The van der Waals surface area contributed by atoms with Gasteiger partial charge in [-0.15, -0.1) is 0 Å². The van der Waals surface area contributed by atoms with Gasteiger partial charge >= 0.3 is 5.97 Å². The highest BCUT2D eigenvalue weighted by atomic mass is 127. The lowest BCUT2D eigenvalue weighted by Crippen LogP contribution is -2.47. The first kappa shape index (κ1) is 16.5. The van der Waals surface area contributed by atoms with E-state index in [0.29, 0.717) is 8.59 Å². The van der Waals surface area contributed by atoms with Crippen LogP contribution in [0.3, 0.4) is 0 Å². The smallest absolute Gasteiger partial charge is 0.328 e. The fraction of sp³-hybridized carbons (Fsp3) is 0.273. The zero-order chi connectivity index (χ0) is 14.7. The number of carbonyl (C=O) groups excluding carboxylic acids is 1. The second kappa shape index (κ2) is 6.74. The second-order valence-electron chi connectivity index (χ2n) is 3.78. The molecule has 0 aliphatic carbocycles. The predicted octanol–water partition coefficient (Wildman–Crippen LogP) is 2.16. The van der Waals surface area contributed by atoms with Crippen molar-refractivity contribution in [2.45, 2.75) is 19.1 Å². The molecule has 1 rings (SSSR count). The summed E-state index contributed by atoms with van der Waals surface area (Å²) in [5.41, 5.74) is 0.157. The van der Waals surface area contributed by atoms with Crippen LogP contribution in [0, 0.1) is 3.57 Å². The molecule has 1 aromatic rings. The third-order valence-electron chi connectivity index (χ3n) is 2.27. The van der Waals surface area contributed by atoms with E-state index in [9.17, 15) is 14.7 Å². The Balaban J connectivity index is 3.04. The van der Waals surface area contributed by atoms with Gasteiger partial charge in [0.15, 0.2) is 6.04 Å². The number of hydrogen-bond donors (Lipinski definition) is 3. The minimum absolute atomic E-state index is 0.157. The third-order valence-corrected chi connectivity index (χ3v) is 4.27. The standard InChI is InChI=1S/C11H10Cl2INO4/c1-4(16)9(11(18)19)15-10(17)6-2-5(12)3-7(13)8(6)14/h2-4,9,16H,1H3,(H,15,17)(H,18,19). The van der Waals surface area contributed by atoms with Crippen LogP contribution in [0.25, 0.3) is 0 Å². The normalized spacial score (nSPS) is 13.7. The summed E-state index contributed by atoms with van der Waals surface area (Å²) in [6, 6.07) is 1.46. The number of benzene rings is 1. The summed E-state index contributed by atoms with van der Waals surface area (Å²) in [6.07, 6.45) is -1.23. The summed E-state index contributed by atoms with van der Waals surface area (Å²) in [6.45, 7) is 1.27. The molecule has 0 fully saturated rings. The molecular formula is C11H10Cl2INO4. The van der Waals surface area contributed by atoms with E-state index in [-0.39, 0.29) is 10.6 Å². The van der Waals surface area contributed by atoms with Crippen LogP contribution in [-0.4, -0.2) is 34.2 Å². The summed E-state index contributed by atoms with van der Waals surface area (Å²) in [7, 11) is 0. The molecule has 2 unspecified atom stereocenters. The Morgan fingerprint density at radius 3 is 2.42 bits per heavy atom. The van der Waals surface area contributed by atoms with Crippen molar-refractivity contribution in [3.63, 3.8) is 0 Å². The maximum absolute atomic E-state index is 12.0. The fourth-order valence-electron chi connectivity index (χ4n) is 1.33. The van der Waals surface area contributed by atoms with E-state index in [0.717, 1.165) is 0 Å². The van der Waals surface area contributed by atoms with Gasteiger partial charge in [0.1, 0.15) is 0 Å². The quantitative estimate of drug-likeness (QED) is 0.517. The first-order valence-corrected chi connectivity index (χ1v) is 6.93. The molecule has 8 heteroatoms. The van der Waals surface area contributed by atoms with Gasteiger partial charge in [-0.3, -0.25) is 4.79 Å². The van der Waals surface area contributed by atoms with Gasteiger partial charge in [0, 0.05) is 8.59 Å². The average Bonchev–Trinajstić information content (AvgIpc) is 2.29. The van der Waals surface area contributed by atoms with Crippen LogP contribution in [-0.2, 0) is 4.79 Å². The number of nitrogens with one attached hydrogen (secondary N) is 1. The molecule has 0 heterocycles. The van der Waals surface area contributed by atoms with E-state index >= 15 is 0 Å². The molecule has 104 valence electrons. The molecule has 0 saturated carbocycles. The van der Waals surface area contributed by atoms with Crippen LogP contribution < -0.4 is 5.32 Å². The summed E-state index contributed by atoms with van der Waals surface area (Å²) in [5, 5.41) is 21.0. The number of rotatable bonds is 4. The molecule has 3 N–H and O–H groups in total. The van der Waals surface area contributed by atoms with Crippen LogP contribution in [0.15, 0.2) is 12.1 Å².